The van der Waals surface area contributed by atoms with Crippen molar-refractivity contribution < 1.29 is 23.4 Å². The maximum atomic E-state index is 14.7. The minimum atomic E-state index is -0.477. The molecular weight excluding hydrogens is 489 g/mol. The van der Waals surface area contributed by atoms with Gasteiger partial charge in [-0.05, 0) is 38.1 Å². The third-order valence-electron chi connectivity index (χ3n) is 6.25. The van der Waals surface area contributed by atoms with Crippen LogP contribution in [0.3, 0.4) is 0 Å². The number of carbonyl (C=O) groups is 1. The molecule has 4 rings (SSSR count). The Morgan fingerprint density at radius 2 is 1.92 bits per heavy atom. The molecule has 1 unspecified atom stereocenters. The molecule has 0 saturated heterocycles. The number of esters is 1. The van der Waals surface area contributed by atoms with Gasteiger partial charge in [0, 0.05) is 35.7 Å². The predicted octanol–water partition coefficient (Wildman–Crippen LogP) is 4.90. The molecule has 0 radical (unpaired) electrons. The van der Waals surface area contributed by atoms with E-state index in [1.165, 1.54) is 19.5 Å². The topological polar surface area (TPSA) is 111 Å². The van der Waals surface area contributed by atoms with Gasteiger partial charge in [-0.15, -0.1) is 0 Å². The molecule has 4 aromatic rings. The molecule has 196 valence electrons. The highest BCUT2D eigenvalue weighted by Gasteiger charge is 2.21. The van der Waals surface area contributed by atoms with E-state index in [-0.39, 0.29) is 5.97 Å². The molecular formula is C28H28FN5O4. The van der Waals surface area contributed by atoms with Crippen LogP contribution < -0.4 is 14.8 Å². The van der Waals surface area contributed by atoms with Crippen molar-refractivity contribution in [2.24, 2.45) is 0 Å². The number of fused-ring (bicyclic) bond motifs is 1. The first kappa shape index (κ1) is 26.4. The van der Waals surface area contributed by atoms with E-state index in [4.69, 9.17) is 14.2 Å². The highest BCUT2D eigenvalue weighted by atomic mass is 19.1. The molecule has 0 spiro atoms. The van der Waals surface area contributed by atoms with Crippen LogP contribution in [0.25, 0.3) is 22.2 Å². The lowest BCUT2D eigenvalue weighted by molar-refractivity contribution is -0.144. The van der Waals surface area contributed by atoms with Crippen molar-refractivity contribution in [1.29, 1.82) is 5.26 Å². The normalized spacial score (nSPS) is 11.6. The maximum absolute atomic E-state index is 14.7. The number of rotatable bonds is 10. The lowest BCUT2D eigenvalue weighted by atomic mass is 9.97. The zero-order chi connectivity index (χ0) is 27.2. The first-order valence-electron chi connectivity index (χ1n) is 12.1. The highest BCUT2D eigenvalue weighted by Crippen LogP contribution is 2.33. The van der Waals surface area contributed by atoms with Gasteiger partial charge >= 0.3 is 5.97 Å². The van der Waals surface area contributed by atoms with Crippen molar-refractivity contribution in [2.75, 3.05) is 32.7 Å². The Morgan fingerprint density at radius 1 is 1.13 bits per heavy atom. The van der Waals surface area contributed by atoms with Crippen LogP contribution in [-0.4, -0.2) is 47.9 Å². The van der Waals surface area contributed by atoms with Gasteiger partial charge in [0.05, 0.1) is 38.0 Å². The average molecular weight is 518 g/mol. The van der Waals surface area contributed by atoms with Gasteiger partial charge < -0.3 is 24.1 Å². The van der Waals surface area contributed by atoms with Crippen LogP contribution in [0.15, 0.2) is 48.8 Å². The summed E-state index contributed by atoms with van der Waals surface area (Å²) >= 11 is 0. The molecule has 0 saturated carbocycles. The SMILES string of the molecule is CCOC(=O)C(C)c1ccc(-c2cc(NCCn3c(C#N)cc4c(OC)ccc(F)c43)ncn2)cc1OC. The standard InChI is InChI=1S/C28H28FN5O4/c1-5-38-28(35)17(2)20-7-6-18(12-25(20)37-4)23-14-26(33-16-32-23)31-10-11-34-19(15-30)13-21-24(36-3)9-8-22(29)27(21)34/h6-9,12-14,16-17H,5,10-11H2,1-4H3,(H,31,32,33). The molecule has 0 bridgehead atoms. The Bertz CT molecular complexity index is 1510. The number of ether oxygens (including phenoxy) is 3. The van der Waals surface area contributed by atoms with Crippen LogP contribution >= 0.6 is 0 Å². The fourth-order valence-electron chi connectivity index (χ4n) is 4.34. The molecule has 0 fully saturated rings. The second kappa shape index (κ2) is 11.6. The van der Waals surface area contributed by atoms with Crippen LogP contribution in [-0.2, 0) is 16.1 Å². The molecule has 10 heteroatoms. The monoisotopic (exact) mass is 517 g/mol. The Balaban J connectivity index is 1.53. The van der Waals surface area contributed by atoms with E-state index >= 15 is 0 Å². The van der Waals surface area contributed by atoms with Gasteiger partial charge in [-0.3, -0.25) is 4.79 Å². The van der Waals surface area contributed by atoms with Gasteiger partial charge in [0.2, 0.25) is 0 Å². The molecule has 2 aromatic heterocycles. The summed E-state index contributed by atoms with van der Waals surface area (Å²) in [5.41, 5.74) is 2.80. The molecule has 2 heterocycles. The lowest BCUT2D eigenvalue weighted by Crippen LogP contribution is -2.14. The van der Waals surface area contributed by atoms with E-state index in [1.807, 2.05) is 18.2 Å². The van der Waals surface area contributed by atoms with Gasteiger partial charge in [-0.1, -0.05) is 12.1 Å². The van der Waals surface area contributed by atoms with E-state index < -0.39 is 11.7 Å². The Hall–Kier alpha value is -4.65. The van der Waals surface area contributed by atoms with Crippen molar-refractivity contribution in [3.8, 4) is 28.8 Å². The van der Waals surface area contributed by atoms with Crippen LogP contribution in [0, 0.1) is 17.1 Å². The summed E-state index contributed by atoms with van der Waals surface area (Å²) in [7, 11) is 3.06. The number of halogens is 1. The largest absolute Gasteiger partial charge is 0.496 e. The zero-order valence-electron chi connectivity index (χ0n) is 21.6. The number of aromatic nitrogens is 3. The van der Waals surface area contributed by atoms with E-state index in [1.54, 1.807) is 43.7 Å². The summed E-state index contributed by atoms with van der Waals surface area (Å²) in [4.78, 5) is 20.9. The highest BCUT2D eigenvalue weighted by molar-refractivity contribution is 5.89. The van der Waals surface area contributed by atoms with Gasteiger partial charge in [-0.25, -0.2) is 14.4 Å². The van der Waals surface area contributed by atoms with Gasteiger partial charge in [-0.2, -0.15) is 5.26 Å². The second-order valence-electron chi connectivity index (χ2n) is 8.45. The van der Waals surface area contributed by atoms with Gasteiger partial charge in [0.15, 0.2) is 0 Å². The van der Waals surface area contributed by atoms with E-state index in [9.17, 15) is 14.4 Å². The number of hydrogen-bond acceptors (Lipinski definition) is 8. The maximum Gasteiger partial charge on any atom is 0.313 e. The number of nitriles is 1. The predicted molar refractivity (Wildman–Crippen MR) is 141 cm³/mol. The summed E-state index contributed by atoms with van der Waals surface area (Å²) in [6.07, 6.45) is 1.44. The van der Waals surface area contributed by atoms with Gasteiger partial charge in [0.1, 0.15) is 41.2 Å². The van der Waals surface area contributed by atoms with Crippen molar-refractivity contribution in [1.82, 2.24) is 14.5 Å². The number of nitrogens with zero attached hydrogens (tertiary/aromatic N) is 4. The number of anilines is 1. The van der Waals surface area contributed by atoms with E-state index in [2.05, 4.69) is 21.4 Å². The third-order valence-corrected chi connectivity index (χ3v) is 6.25. The van der Waals surface area contributed by atoms with Crippen LogP contribution in [0.5, 0.6) is 11.5 Å². The Labute approximate surface area is 219 Å². The van der Waals surface area contributed by atoms with E-state index in [0.29, 0.717) is 59.3 Å². The number of hydrogen-bond donors (Lipinski definition) is 1. The lowest BCUT2D eigenvalue weighted by Gasteiger charge is -2.16. The number of carbonyl (C=O) groups excluding carboxylic acids is 1. The molecule has 0 aliphatic heterocycles. The van der Waals surface area contributed by atoms with E-state index in [0.717, 1.165) is 11.1 Å². The first-order valence-corrected chi connectivity index (χ1v) is 12.1. The minimum absolute atomic E-state index is 0.307. The fraction of sp³-hybridized carbons (Fsp3) is 0.286. The summed E-state index contributed by atoms with van der Waals surface area (Å²) in [6, 6.07) is 13.9. The fourth-order valence-corrected chi connectivity index (χ4v) is 4.34. The van der Waals surface area contributed by atoms with Crippen LogP contribution in [0.4, 0.5) is 10.2 Å². The minimum Gasteiger partial charge on any atom is -0.496 e. The smallest absolute Gasteiger partial charge is 0.313 e. The van der Waals surface area contributed by atoms with Crippen LogP contribution in [0.2, 0.25) is 0 Å². The molecule has 0 amide bonds. The Kier molecular flexibility index (Phi) is 8.06. The van der Waals surface area contributed by atoms with Crippen molar-refractivity contribution in [3.63, 3.8) is 0 Å². The molecule has 1 atom stereocenters. The molecule has 1 N–H and O–H groups in total. The van der Waals surface area contributed by atoms with Crippen molar-refractivity contribution >= 4 is 22.7 Å². The van der Waals surface area contributed by atoms with Crippen molar-refractivity contribution in [2.45, 2.75) is 26.3 Å². The summed E-state index contributed by atoms with van der Waals surface area (Å²) in [5, 5.41) is 13.4. The molecule has 0 aliphatic rings. The van der Waals surface area contributed by atoms with Crippen molar-refractivity contribution in [3.05, 3.63) is 65.9 Å². The number of benzene rings is 2. The number of methoxy groups -OCH3 is 2. The number of nitrogens with one attached hydrogen (secondary N) is 1. The van der Waals surface area contributed by atoms with Crippen LogP contribution in [0.1, 0.15) is 31.0 Å². The zero-order valence-corrected chi connectivity index (χ0v) is 21.6. The average Bonchev–Trinajstić information content (AvgIpc) is 3.32. The summed E-state index contributed by atoms with van der Waals surface area (Å²) in [6.45, 7) is 4.55. The molecule has 38 heavy (non-hydrogen) atoms. The quantitative estimate of drug-likeness (QED) is 0.296. The van der Waals surface area contributed by atoms with Gasteiger partial charge in [0.25, 0.3) is 0 Å². The summed E-state index contributed by atoms with van der Waals surface area (Å²) in [5.74, 6) is 0.391. The Morgan fingerprint density at radius 3 is 2.63 bits per heavy atom. The molecule has 2 aromatic carbocycles. The molecule has 9 nitrogen and oxygen atoms in total. The third kappa shape index (κ3) is 5.22. The second-order valence-corrected chi connectivity index (χ2v) is 8.45. The molecule has 0 aliphatic carbocycles. The first-order chi connectivity index (χ1) is 18.4. The summed E-state index contributed by atoms with van der Waals surface area (Å²) < 4.78 is 32.3.